The number of fused-ring (bicyclic) bond motifs is 1. The predicted octanol–water partition coefficient (Wildman–Crippen LogP) is -0.479. The van der Waals surface area contributed by atoms with Crippen LogP contribution in [-0.4, -0.2) is 10.8 Å². The van der Waals surface area contributed by atoms with E-state index in [0.717, 1.165) is 10.9 Å². The van der Waals surface area contributed by atoms with Crippen LogP contribution in [0.15, 0.2) is 16.7 Å². The van der Waals surface area contributed by atoms with Gasteiger partial charge in [0.05, 0.1) is 5.39 Å². The Bertz CT molecular complexity index is 515. The first-order chi connectivity index (χ1) is 7.68. The molecule has 0 atom stereocenters. The molecular formula is C12H16ClKN2O2. The van der Waals surface area contributed by atoms with Crippen molar-refractivity contribution in [1.82, 2.24) is 5.16 Å². The molecule has 2 N–H and O–H groups in total. The van der Waals surface area contributed by atoms with Gasteiger partial charge in [-0.05, 0) is 24.6 Å². The van der Waals surface area contributed by atoms with E-state index in [1.807, 2.05) is 13.0 Å². The fraction of sp³-hybridized carbons (Fsp3) is 0.417. The zero-order valence-corrected chi connectivity index (χ0v) is 15.3. The number of benzene rings is 1. The summed E-state index contributed by atoms with van der Waals surface area (Å²) < 4.78 is 4.95. The molecule has 1 heterocycles. The maximum atomic E-state index is 10.1. The van der Waals surface area contributed by atoms with E-state index in [1.54, 1.807) is 26.8 Å². The van der Waals surface area contributed by atoms with Gasteiger partial charge >= 0.3 is 51.4 Å². The van der Waals surface area contributed by atoms with Gasteiger partial charge in [-0.15, -0.1) is 5.60 Å². The molecule has 0 saturated heterocycles. The summed E-state index contributed by atoms with van der Waals surface area (Å²) >= 11 is 5.89. The molecule has 0 radical (unpaired) electrons. The normalized spacial score (nSPS) is 10.6. The second-order valence-corrected chi connectivity index (χ2v) is 5.18. The smallest absolute Gasteiger partial charge is 0.850 e. The Kier molecular flexibility index (Phi) is 7.39. The first kappa shape index (κ1) is 18.4. The standard InChI is InChI=1S/C8H7ClN2O.C4H9O.K/c1-4-2-7-5(3-6(4)9)8(10)11-12-7;1-4(2,3)5;/h2-3H,1H3,(H2,10,11);1-3H3;/q;-1;+1. The van der Waals surface area contributed by atoms with Crippen molar-refractivity contribution in [2.24, 2.45) is 0 Å². The van der Waals surface area contributed by atoms with Gasteiger partial charge in [0.2, 0.25) is 0 Å². The van der Waals surface area contributed by atoms with Crippen LogP contribution in [0.4, 0.5) is 5.82 Å². The molecule has 0 unspecified atom stereocenters. The summed E-state index contributed by atoms with van der Waals surface area (Å²) in [6.07, 6.45) is 0. The third-order valence-electron chi connectivity index (χ3n) is 1.78. The average Bonchev–Trinajstić information content (AvgIpc) is 2.47. The Morgan fingerprint density at radius 1 is 1.33 bits per heavy atom. The van der Waals surface area contributed by atoms with Gasteiger partial charge in [-0.25, -0.2) is 0 Å². The van der Waals surface area contributed by atoms with E-state index in [0.29, 0.717) is 16.4 Å². The molecule has 0 aliphatic heterocycles. The fourth-order valence-electron chi connectivity index (χ4n) is 1.08. The molecule has 6 heteroatoms. The molecule has 0 bridgehead atoms. The minimum Gasteiger partial charge on any atom is -0.850 e. The minimum absolute atomic E-state index is 0. The van der Waals surface area contributed by atoms with Crippen LogP contribution < -0.4 is 62.2 Å². The van der Waals surface area contributed by atoms with Crippen molar-refractivity contribution in [3.8, 4) is 0 Å². The van der Waals surface area contributed by atoms with E-state index in [-0.39, 0.29) is 51.4 Å². The maximum absolute atomic E-state index is 10.1. The SMILES string of the molecule is CC(C)(C)[O-].Cc1cc2onc(N)c2cc1Cl.[K+]. The van der Waals surface area contributed by atoms with E-state index in [2.05, 4.69) is 5.16 Å². The van der Waals surface area contributed by atoms with Crippen molar-refractivity contribution < 1.29 is 61.0 Å². The van der Waals surface area contributed by atoms with Gasteiger partial charge in [-0.2, -0.15) is 0 Å². The van der Waals surface area contributed by atoms with Crippen LogP contribution >= 0.6 is 11.6 Å². The number of aromatic nitrogens is 1. The Morgan fingerprint density at radius 3 is 2.33 bits per heavy atom. The summed E-state index contributed by atoms with van der Waals surface area (Å²) in [5.41, 5.74) is 6.42. The average molecular weight is 295 g/mol. The Balaban J connectivity index is 0.000000421. The maximum Gasteiger partial charge on any atom is 1.00 e. The van der Waals surface area contributed by atoms with Crippen molar-refractivity contribution >= 4 is 28.4 Å². The summed E-state index contributed by atoms with van der Waals surface area (Å²) in [4.78, 5) is 0. The van der Waals surface area contributed by atoms with Crippen LogP contribution in [0.2, 0.25) is 5.02 Å². The first-order valence-electron chi connectivity index (χ1n) is 5.20. The van der Waals surface area contributed by atoms with Gasteiger partial charge in [0.25, 0.3) is 0 Å². The van der Waals surface area contributed by atoms with Crippen molar-refractivity contribution in [2.75, 3.05) is 5.73 Å². The van der Waals surface area contributed by atoms with Crippen LogP contribution in [0, 0.1) is 6.92 Å². The van der Waals surface area contributed by atoms with Crippen molar-refractivity contribution in [3.05, 3.63) is 22.7 Å². The van der Waals surface area contributed by atoms with Crippen LogP contribution in [0.1, 0.15) is 26.3 Å². The second-order valence-electron chi connectivity index (χ2n) is 4.78. The van der Waals surface area contributed by atoms with E-state index < -0.39 is 5.60 Å². The molecule has 18 heavy (non-hydrogen) atoms. The number of hydrogen-bond acceptors (Lipinski definition) is 4. The Hall–Kier alpha value is 0.376. The van der Waals surface area contributed by atoms with E-state index in [9.17, 15) is 5.11 Å². The number of nitrogens with zero attached hydrogens (tertiary/aromatic N) is 1. The van der Waals surface area contributed by atoms with Crippen LogP contribution in [0.5, 0.6) is 0 Å². The molecule has 0 aliphatic rings. The largest absolute Gasteiger partial charge is 1.00 e. The number of nitrogen functional groups attached to an aromatic ring is 1. The minimum atomic E-state index is -0.750. The van der Waals surface area contributed by atoms with E-state index >= 15 is 0 Å². The van der Waals surface area contributed by atoms with Gasteiger partial charge in [0, 0.05) is 5.02 Å². The molecular weight excluding hydrogens is 279 g/mol. The molecule has 1 aromatic carbocycles. The van der Waals surface area contributed by atoms with Crippen molar-refractivity contribution in [1.29, 1.82) is 0 Å². The summed E-state index contributed by atoms with van der Waals surface area (Å²) in [5.74, 6) is 0.381. The number of rotatable bonds is 0. The quantitative estimate of drug-likeness (QED) is 0.666. The van der Waals surface area contributed by atoms with Crippen LogP contribution in [0.25, 0.3) is 11.0 Å². The third-order valence-corrected chi connectivity index (χ3v) is 2.19. The van der Waals surface area contributed by atoms with Crippen LogP contribution in [0.3, 0.4) is 0 Å². The Labute approximate surface area is 154 Å². The topological polar surface area (TPSA) is 75.1 Å². The molecule has 1 aromatic heterocycles. The van der Waals surface area contributed by atoms with Crippen molar-refractivity contribution in [3.63, 3.8) is 0 Å². The summed E-state index contributed by atoms with van der Waals surface area (Å²) in [6.45, 7) is 6.80. The predicted molar refractivity (Wildman–Crippen MR) is 67.9 cm³/mol. The van der Waals surface area contributed by atoms with Gasteiger partial charge in [0.15, 0.2) is 11.4 Å². The molecule has 2 rings (SSSR count). The first-order valence-corrected chi connectivity index (χ1v) is 5.57. The molecule has 0 aliphatic carbocycles. The van der Waals surface area contributed by atoms with Gasteiger partial charge in [0.1, 0.15) is 0 Å². The monoisotopic (exact) mass is 294 g/mol. The third kappa shape index (κ3) is 6.01. The number of nitrogens with two attached hydrogens (primary N) is 1. The molecule has 4 nitrogen and oxygen atoms in total. The second kappa shape index (κ2) is 7.24. The van der Waals surface area contributed by atoms with Gasteiger partial charge in [-0.1, -0.05) is 37.5 Å². The molecule has 0 saturated carbocycles. The fourth-order valence-corrected chi connectivity index (χ4v) is 1.24. The molecule has 94 valence electrons. The van der Waals surface area contributed by atoms with Gasteiger partial charge < -0.3 is 15.4 Å². The van der Waals surface area contributed by atoms with Crippen LogP contribution in [-0.2, 0) is 0 Å². The summed E-state index contributed by atoms with van der Waals surface area (Å²) in [7, 11) is 0. The zero-order chi connectivity index (χ0) is 13.2. The molecule has 0 amide bonds. The van der Waals surface area contributed by atoms with Gasteiger partial charge in [-0.3, -0.25) is 0 Å². The number of aryl methyl sites for hydroxylation is 1. The zero-order valence-electron chi connectivity index (χ0n) is 11.4. The Morgan fingerprint density at radius 2 is 1.83 bits per heavy atom. The molecule has 2 aromatic rings. The molecule has 0 fully saturated rings. The number of hydrogen-bond donors (Lipinski definition) is 1. The summed E-state index contributed by atoms with van der Waals surface area (Å²) in [6, 6.07) is 3.58. The molecule has 0 spiro atoms. The number of halogens is 1. The van der Waals surface area contributed by atoms with E-state index in [1.165, 1.54) is 0 Å². The number of anilines is 1. The van der Waals surface area contributed by atoms with Crippen molar-refractivity contribution in [2.45, 2.75) is 33.3 Å². The summed E-state index contributed by atoms with van der Waals surface area (Å²) in [5, 5.41) is 15.2. The van der Waals surface area contributed by atoms with E-state index in [4.69, 9.17) is 21.9 Å².